The first-order valence-corrected chi connectivity index (χ1v) is 5.94. The van der Waals surface area contributed by atoms with Gasteiger partial charge in [-0.25, -0.2) is 10.0 Å². The van der Waals surface area contributed by atoms with Crippen LogP contribution >= 0.6 is 0 Å². The van der Waals surface area contributed by atoms with Crippen LogP contribution in [0.25, 0.3) is 10.9 Å². The van der Waals surface area contributed by atoms with Gasteiger partial charge in [0.1, 0.15) is 0 Å². The number of nitrogens with one attached hydrogen (secondary N) is 1. The van der Waals surface area contributed by atoms with Crippen LogP contribution < -0.4 is 16.4 Å². The molecule has 94 valence electrons. The third-order valence-electron chi connectivity index (χ3n) is 2.96. The van der Waals surface area contributed by atoms with E-state index in [2.05, 4.69) is 9.97 Å². The fraction of sp³-hybridized carbons (Fsp3) is 0.333. The molecule has 1 aromatic carbocycles. The molecule has 0 radical (unpaired) electrons. The van der Waals surface area contributed by atoms with E-state index in [1.54, 1.807) is 23.3 Å². The molecule has 0 unspecified atom stereocenters. The fourth-order valence-corrected chi connectivity index (χ4v) is 2.03. The van der Waals surface area contributed by atoms with Gasteiger partial charge in [-0.2, -0.15) is 0 Å². The fourth-order valence-electron chi connectivity index (χ4n) is 2.03. The summed E-state index contributed by atoms with van der Waals surface area (Å²) in [6.45, 7) is 1.40. The van der Waals surface area contributed by atoms with Gasteiger partial charge in [0.15, 0.2) is 0 Å². The molecular formula is C12H14N4O2. The second-order valence-corrected chi connectivity index (χ2v) is 4.31. The number of nitrogens with zero attached hydrogens (tertiary/aromatic N) is 2. The summed E-state index contributed by atoms with van der Waals surface area (Å²) in [7, 11) is 0. The van der Waals surface area contributed by atoms with E-state index in [0.29, 0.717) is 29.1 Å². The van der Waals surface area contributed by atoms with Crippen LogP contribution in [0.2, 0.25) is 0 Å². The summed E-state index contributed by atoms with van der Waals surface area (Å²) in [5.74, 6) is 0.456. The average Bonchev–Trinajstić information content (AvgIpc) is 2.40. The molecule has 6 heteroatoms. The van der Waals surface area contributed by atoms with E-state index in [1.165, 1.54) is 0 Å². The van der Waals surface area contributed by atoms with Crippen molar-refractivity contribution in [1.29, 1.82) is 0 Å². The molecule has 0 atom stereocenters. The molecule has 1 aromatic heterocycles. The van der Waals surface area contributed by atoms with Gasteiger partial charge in [0.25, 0.3) is 5.56 Å². The number of fused-ring (bicyclic) bond motifs is 1. The standard InChI is InChI=1S/C12H14N4O2/c13-8-3-4-10-9(7-8)11(17)15-12(14-10)16-5-1-2-6-18-16/h3-4,7H,1-2,5-6,13H2,(H,14,15,17). The van der Waals surface area contributed by atoms with Crippen molar-refractivity contribution in [2.75, 3.05) is 23.9 Å². The lowest BCUT2D eigenvalue weighted by Gasteiger charge is -2.26. The molecule has 2 heterocycles. The van der Waals surface area contributed by atoms with Crippen molar-refractivity contribution in [3.8, 4) is 0 Å². The largest absolute Gasteiger partial charge is 0.399 e. The van der Waals surface area contributed by atoms with Crippen LogP contribution in [0.3, 0.4) is 0 Å². The van der Waals surface area contributed by atoms with E-state index < -0.39 is 0 Å². The van der Waals surface area contributed by atoms with Crippen molar-refractivity contribution in [3.63, 3.8) is 0 Å². The van der Waals surface area contributed by atoms with Crippen molar-refractivity contribution in [2.24, 2.45) is 0 Å². The van der Waals surface area contributed by atoms with Gasteiger partial charge in [-0.05, 0) is 31.0 Å². The molecule has 1 saturated heterocycles. The van der Waals surface area contributed by atoms with Gasteiger partial charge in [-0.1, -0.05) is 0 Å². The first-order chi connectivity index (χ1) is 8.74. The van der Waals surface area contributed by atoms with Crippen LogP contribution in [0.5, 0.6) is 0 Å². The summed E-state index contributed by atoms with van der Waals surface area (Å²) in [4.78, 5) is 24.5. The van der Waals surface area contributed by atoms with Gasteiger partial charge in [0.2, 0.25) is 5.95 Å². The third kappa shape index (κ3) is 1.91. The van der Waals surface area contributed by atoms with Gasteiger partial charge in [-0.15, -0.1) is 0 Å². The smallest absolute Gasteiger partial charge is 0.260 e. The highest BCUT2D eigenvalue weighted by Crippen LogP contribution is 2.17. The Morgan fingerprint density at radius 3 is 3.06 bits per heavy atom. The maximum Gasteiger partial charge on any atom is 0.260 e. The molecule has 0 bridgehead atoms. The van der Waals surface area contributed by atoms with Crippen molar-refractivity contribution in [1.82, 2.24) is 9.97 Å². The monoisotopic (exact) mass is 246 g/mol. The number of benzene rings is 1. The number of aromatic nitrogens is 2. The maximum atomic E-state index is 12.0. The van der Waals surface area contributed by atoms with Crippen molar-refractivity contribution in [2.45, 2.75) is 12.8 Å². The Bertz CT molecular complexity index is 632. The number of aromatic amines is 1. The molecule has 0 spiro atoms. The van der Waals surface area contributed by atoms with Gasteiger partial charge in [0.05, 0.1) is 17.5 Å². The van der Waals surface area contributed by atoms with E-state index >= 15 is 0 Å². The molecule has 0 saturated carbocycles. The minimum atomic E-state index is -0.198. The number of anilines is 2. The molecule has 3 N–H and O–H groups in total. The number of hydroxylamine groups is 1. The molecule has 1 aliphatic heterocycles. The zero-order valence-corrected chi connectivity index (χ0v) is 9.85. The summed E-state index contributed by atoms with van der Waals surface area (Å²) < 4.78 is 0. The zero-order chi connectivity index (χ0) is 12.5. The minimum Gasteiger partial charge on any atom is -0.399 e. The van der Waals surface area contributed by atoms with Crippen LogP contribution in [0.15, 0.2) is 23.0 Å². The van der Waals surface area contributed by atoms with Crippen molar-refractivity contribution >= 4 is 22.5 Å². The van der Waals surface area contributed by atoms with Gasteiger partial charge in [0, 0.05) is 12.2 Å². The number of rotatable bonds is 1. The summed E-state index contributed by atoms with van der Waals surface area (Å²) in [6, 6.07) is 5.10. The maximum absolute atomic E-state index is 12.0. The Morgan fingerprint density at radius 1 is 1.39 bits per heavy atom. The molecule has 1 fully saturated rings. The summed E-state index contributed by atoms with van der Waals surface area (Å²) in [6.07, 6.45) is 2.06. The van der Waals surface area contributed by atoms with Crippen LogP contribution in [0.4, 0.5) is 11.6 Å². The zero-order valence-electron chi connectivity index (χ0n) is 9.85. The third-order valence-corrected chi connectivity index (χ3v) is 2.96. The number of nitrogen functional groups attached to an aromatic ring is 1. The molecule has 2 aromatic rings. The molecular weight excluding hydrogens is 232 g/mol. The highest BCUT2D eigenvalue weighted by molar-refractivity contribution is 5.81. The highest BCUT2D eigenvalue weighted by Gasteiger charge is 2.15. The van der Waals surface area contributed by atoms with Gasteiger partial charge >= 0.3 is 0 Å². The average molecular weight is 246 g/mol. The van der Waals surface area contributed by atoms with Crippen molar-refractivity contribution < 1.29 is 4.84 Å². The van der Waals surface area contributed by atoms with E-state index in [1.807, 2.05) is 0 Å². The Kier molecular flexibility index (Phi) is 2.64. The van der Waals surface area contributed by atoms with E-state index in [-0.39, 0.29) is 5.56 Å². The summed E-state index contributed by atoms with van der Waals surface area (Å²) >= 11 is 0. The van der Waals surface area contributed by atoms with Gasteiger partial charge < -0.3 is 5.73 Å². The number of nitrogens with two attached hydrogens (primary N) is 1. The summed E-state index contributed by atoms with van der Waals surface area (Å²) in [5.41, 5.74) is 6.64. The topological polar surface area (TPSA) is 84.2 Å². The van der Waals surface area contributed by atoms with Crippen LogP contribution in [-0.4, -0.2) is 23.1 Å². The van der Waals surface area contributed by atoms with Crippen LogP contribution in [0.1, 0.15) is 12.8 Å². The molecule has 0 amide bonds. The number of hydrogen-bond acceptors (Lipinski definition) is 5. The summed E-state index contributed by atoms with van der Waals surface area (Å²) in [5, 5.41) is 2.14. The quantitative estimate of drug-likeness (QED) is 0.734. The van der Waals surface area contributed by atoms with E-state index in [0.717, 1.165) is 19.4 Å². The molecule has 1 aliphatic rings. The van der Waals surface area contributed by atoms with E-state index in [9.17, 15) is 4.79 Å². The van der Waals surface area contributed by atoms with Crippen LogP contribution in [-0.2, 0) is 4.84 Å². The lowest BCUT2D eigenvalue weighted by atomic mass is 10.2. The lowest BCUT2D eigenvalue weighted by Crippen LogP contribution is -2.32. The van der Waals surface area contributed by atoms with E-state index in [4.69, 9.17) is 10.6 Å². The Hall–Kier alpha value is -2.08. The predicted molar refractivity (Wildman–Crippen MR) is 69.3 cm³/mol. The SMILES string of the molecule is Nc1ccc2nc(N3CCCCO3)[nH]c(=O)c2c1. The molecule has 6 nitrogen and oxygen atoms in total. The van der Waals surface area contributed by atoms with Crippen LogP contribution in [0, 0.1) is 0 Å². The molecule has 3 rings (SSSR count). The number of H-pyrrole nitrogens is 1. The van der Waals surface area contributed by atoms with Crippen molar-refractivity contribution in [3.05, 3.63) is 28.6 Å². The predicted octanol–water partition coefficient (Wildman–Crippen LogP) is 1.04. The molecule has 0 aliphatic carbocycles. The Balaban J connectivity index is 2.09. The highest BCUT2D eigenvalue weighted by atomic mass is 16.7. The Labute approximate surface area is 103 Å². The number of hydrogen-bond donors (Lipinski definition) is 2. The second kappa shape index (κ2) is 4.30. The minimum absolute atomic E-state index is 0.198. The first kappa shape index (κ1) is 11.0. The normalized spacial score (nSPS) is 16.1. The lowest BCUT2D eigenvalue weighted by molar-refractivity contribution is 0.0744. The van der Waals surface area contributed by atoms with Gasteiger partial charge in [-0.3, -0.25) is 14.6 Å². The first-order valence-electron chi connectivity index (χ1n) is 5.94. The Morgan fingerprint density at radius 2 is 2.28 bits per heavy atom. The molecule has 18 heavy (non-hydrogen) atoms. The second-order valence-electron chi connectivity index (χ2n) is 4.31.